The molecule has 0 spiro atoms. The Balaban J connectivity index is 1.15. The average Bonchev–Trinajstić information content (AvgIpc) is 3.48. The first kappa shape index (κ1) is 31.3. The molecule has 0 radical (unpaired) electrons. The van der Waals surface area contributed by atoms with Gasteiger partial charge in [0.1, 0.15) is 30.0 Å². The van der Waals surface area contributed by atoms with Crippen LogP contribution in [0.5, 0.6) is 0 Å². The number of H-pyrrole nitrogens is 1. The summed E-state index contributed by atoms with van der Waals surface area (Å²) in [6, 6.07) is 6.82. The second-order valence-electron chi connectivity index (χ2n) is 13.0. The number of rotatable bonds is 12. The van der Waals surface area contributed by atoms with Crippen molar-refractivity contribution >= 4 is 28.9 Å². The summed E-state index contributed by atoms with van der Waals surface area (Å²) in [5.74, 6) is 1.78. The molecule has 5 rings (SSSR count). The maximum absolute atomic E-state index is 10.9. The largest absolute Gasteiger partial charge is 0.395 e. The van der Waals surface area contributed by atoms with Crippen molar-refractivity contribution in [2.45, 2.75) is 102 Å². The number of hydrogen-bond acceptors (Lipinski definition) is 10. The molecular weight excluding hydrogens is 548 g/mol. The molecule has 3 heterocycles. The lowest BCUT2D eigenvalue weighted by molar-refractivity contribution is -0.0428. The number of imidazole rings is 1. The summed E-state index contributed by atoms with van der Waals surface area (Å²) in [5.41, 5.74) is 15.0. The highest BCUT2D eigenvalue weighted by molar-refractivity contribution is 5.76. The second-order valence-corrected chi connectivity index (χ2v) is 13.0. The summed E-state index contributed by atoms with van der Waals surface area (Å²) in [4.78, 5) is 23.0. The van der Waals surface area contributed by atoms with Gasteiger partial charge in [-0.05, 0) is 56.7 Å². The van der Waals surface area contributed by atoms with Crippen molar-refractivity contribution in [1.29, 1.82) is 0 Å². The van der Waals surface area contributed by atoms with Crippen LogP contribution in [0.2, 0.25) is 0 Å². The highest BCUT2D eigenvalue weighted by Crippen LogP contribution is 2.37. The molecule has 43 heavy (non-hydrogen) atoms. The minimum atomic E-state index is -1.06. The van der Waals surface area contributed by atoms with E-state index in [1.54, 1.807) is 0 Å². The first-order chi connectivity index (χ1) is 20.5. The molecule has 0 amide bonds. The van der Waals surface area contributed by atoms with Crippen LogP contribution in [0.15, 0.2) is 29.5 Å². The normalized spacial score (nSPS) is 26.3. The summed E-state index contributed by atoms with van der Waals surface area (Å²) in [6.45, 7) is 9.00. The van der Waals surface area contributed by atoms with Gasteiger partial charge in [-0.3, -0.25) is 4.90 Å². The molecular formula is C31H46N8O4. The van der Waals surface area contributed by atoms with Crippen LogP contribution in [0.1, 0.15) is 64.0 Å². The quantitative estimate of drug-likeness (QED) is 0.133. The van der Waals surface area contributed by atoms with Crippen molar-refractivity contribution in [2.24, 2.45) is 16.6 Å². The predicted octanol–water partition coefficient (Wildman–Crippen LogP) is 1.98. The number of nitrogen functional groups attached to an aromatic ring is 1. The molecule has 12 nitrogen and oxygen atoms in total. The Morgan fingerprint density at radius 1 is 1.19 bits per heavy atom. The highest BCUT2D eigenvalue weighted by Gasteiger charge is 2.45. The molecule has 2 fully saturated rings. The Bertz CT molecular complexity index is 1420. The fourth-order valence-electron chi connectivity index (χ4n) is 6.36. The lowest BCUT2D eigenvalue weighted by Gasteiger charge is -2.46. The average molecular weight is 595 g/mol. The Hall–Kier alpha value is -3.16. The van der Waals surface area contributed by atoms with Gasteiger partial charge < -0.3 is 36.5 Å². The van der Waals surface area contributed by atoms with Gasteiger partial charge in [-0.1, -0.05) is 19.9 Å². The van der Waals surface area contributed by atoms with Gasteiger partial charge in [0.05, 0.1) is 41.9 Å². The number of fused-ring (bicyclic) bond motifs is 1. The molecule has 1 aromatic carbocycles. The monoisotopic (exact) mass is 594 g/mol. The van der Waals surface area contributed by atoms with Gasteiger partial charge in [-0.25, -0.2) is 19.9 Å². The third-order valence-electron chi connectivity index (χ3n) is 9.22. The number of nitrogens with two attached hydrogens (primary N) is 2. The third-order valence-corrected chi connectivity index (χ3v) is 9.22. The summed E-state index contributed by atoms with van der Waals surface area (Å²) in [5, 5.41) is 31.5. The summed E-state index contributed by atoms with van der Waals surface area (Å²) >= 11 is 0. The molecule has 0 bridgehead atoms. The second kappa shape index (κ2) is 12.8. The van der Waals surface area contributed by atoms with Gasteiger partial charge in [-0.2, -0.15) is 0 Å². The molecule has 2 aromatic heterocycles. The molecule has 0 unspecified atom stereocenters. The molecule has 234 valence electrons. The van der Waals surface area contributed by atoms with E-state index in [4.69, 9.17) is 21.2 Å². The van der Waals surface area contributed by atoms with E-state index >= 15 is 0 Å². The van der Waals surface area contributed by atoms with Crippen molar-refractivity contribution in [2.75, 3.05) is 18.9 Å². The van der Waals surface area contributed by atoms with Gasteiger partial charge in [0.2, 0.25) is 0 Å². The number of benzene rings is 1. The zero-order valence-electron chi connectivity index (χ0n) is 25.5. The van der Waals surface area contributed by atoms with Gasteiger partial charge in [0.25, 0.3) is 0 Å². The molecule has 12 heteroatoms. The zero-order valence-corrected chi connectivity index (χ0v) is 25.5. The number of nitrogens with one attached hydrogen (secondary N) is 1. The Labute approximate surface area is 252 Å². The fraction of sp³-hybridized carbons (Fsp3) is 0.613. The van der Waals surface area contributed by atoms with E-state index in [2.05, 4.69) is 44.8 Å². The number of hydrogen-bond donors (Lipinski definition) is 6. The highest BCUT2D eigenvalue weighted by atomic mass is 16.5. The molecule has 3 aromatic rings. The maximum Gasteiger partial charge on any atom is 0.153 e. The van der Waals surface area contributed by atoms with Crippen LogP contribution in [-0.2, 0) is 23.0 Å². The van der Waals surface area contributed by atoms with E-state index in [0.717, 1.165) is 54.4 Å². The Morgan fingerprint density at radius 3 is 2.63 bits per heavy atom. The molecule has 8 N–H and O–H groups in total. The molecule has 2 aliphatic rings. The number of ether oxygens (including phenoxy) is 1. The minimum Gasteiger partial charge on any atom is -0.395 e. The molecule has 4 atom stereocenters. The summed E-state index contributed by atoms with van der Waals surface area (Å²) in [6.07, 6.45) is 3.51. The van der Waals surface area contributed by atoms with E-state index in [1.807, 2.05) is 26.0 Å². The zero-order chi connectivity index (χ0) is 30.9. The van der Waals surface area contributed by atoms with E-state index in [1.165, 1.54) is 6.33 Å². The van der Waals surface area contributed by atoms with Crippen LogP contribution in [0.4, 0.5) is 11.5 Å². The molecule has 1 saturated heterocycles. The maximum atomic E-state index is 10.9. The number of anilines is 1. The third kappa shape index (κ3) is 6.68. The lowest BCUT2D eigenvalue weighted by atomic mass is 9.76. The topological polar surface area (TPSA) is 192 Å². The molecule has 1 aliphatic carbocycles. The van der Waals surface area contributed by atoms with Crippen LogP contribution >= 0.6 is 0 Å². The molecule has 1 aliphatic heterocycles. The van der Waals surface area contributed by atoms with E-state index in [-0.39, 0.29) is 30.3 Å². The SMILES string of the molecule is CC(C)N(C[C@H]1O[C@@H](Cc2ncnc(N)c2N=CN)[C@H](O)[C@@H]1O)C1CC(CCc2nc3ccc(C(C)(C)CO)cc3[nH]2)C1. The van der Waals surface area contributed by atoms with Gasteiger partial charge in [-0.15, -0.1) is 0 Å². The summed E-state index contributed by atoms with van der Waals surface area (Å²) < 4.78 is 6.21. The predicted molar refractivity (Wildman–Crippen MR) is 166 cm³/mol. The Kier molecular flexibility index (Phi) is 9.33. The Morgan fingerprint density at radius 2 is 1.93 bits per heavy atom. The van der Waals surface area contributed by atoms with Crippen LogP contribution in [-0.4, -0.2) is 96.1 Å². The standard InChI is InChI=1S/C31H46N8O4/c1-17(2)39(13-25-29(42)28(41)24(43-25)12-23-27(34-15-32)30(33)36-16-35-23)20-9-18(10-20)5-8-26-37-21-7-6-19(11-22(21)38-26)31(3,4)14-40/h6-7,11,15-18,20,24-25,28-29,40-42H,5,8-10,12-14H2,1-4H3,(H2,32,34)(H,37,38)(H2,33,35,36)/t18?,20?,24-,25+,28-,29+/m0/s1. The number of aliphatic hydroxyl groups excluding tert-OH is 3. The number of aryl methyl sites for hydroxylation is 1. The fourth-order valence-corrected chi connectivity index (χ4v) is 6.36. The number of aromatic nitrogens is 4. The number of nitrogens with zero attached hydrogens (tertiary/aromatic N) is 5. The summed E-state index contributed by atoms with van der Waals surface area (Å²) in [7, 11) is 0. The smallest absolute Gasteiger partial charge is 0.153 e. The van der Waals surface area contributed by atoms with Crippen LogP contribution < -0.4 is 11.5 Å². The van der Waals surface area contributed by atoms with Crippen molar-refractivity contribution in [3.05, 3.63) is 41.6 Å². The first-order valence-electron chi connectivity index (χ1n) is 15.2. The minimum absolute atomic E-state index is 0.0903. The number of aliphatic hydroxyl groups is 3. The van der Waals surface area contributed by atoms with E-state index in [0.29, 0.717) is 29.9 Å². The number of aromatic amines is 1. The van der Waals surface area contributed by atoms with Crippen molar-refractivity contribution in [1.82, 2.24) is 24.8 Å². The van der Waals surface area contributed by atoms with Crippen molar-refractivity contribution in [3.63, 3.8) is 0 Å². The van der Waals surface area contributed by atoms with E-state index in [9.17, 15) is 15.3 Å². The van der Waals surface area contributed by atoms with Crippen molar-refractivity contribution in [3.8, 4) is 0 Å². The van der Waals surface area contributed by atoms with Gasteiger partial charge in [0, 0.05) is 36.9 Å². The number of aliphatic imine (C=N–C) groups is 1. The van der Waals surface area contributed by atoms with Gasteiger partial charge in [0.15, 0.2) is 5.82 Å². The molecule has 1 saturated carbocycles. The van der Waals surface area contributed by atoms with Crippen molar-refractivity contribution < 1.29 is 20.1 Å². The lowest BCUT2D eigenvalue weighted by Crippen LogP contribution is -2.52. The van der Waals surface area contributed by atoms with Crippen LogP contribution in [0, 0.1) is 5.92 Å². The first-order valence-corrected chi connectivity index (χ1v) is 15.2. The van der Waals surface area contributed by atoms with Gasteiger partial charge >= 0.3 is 0 Å². The van der Waals surface area contributed by atoms with E-state index < -0.39 is 24.4 Å². The van der Waals surface area contributed by atoms with Crippen LogP contribution in [0.25, 0.3) is 11.0 Å². The van der Waals surface area contributed by atoms with Crippen LogP contribution in [0.3, 0.4) is 0 Å².